The second-order valence-corrected chi connectivity index (χ2v) is 6.39. The molecule has 25 heavy (non-hydrogen) atoms. The quantitative estimate of drug-likeness (QED) is 0.771. The van der Waals surface area contributed by atoms with E-state index in [-0.39, 0.29) is 5.92 Å². The third-order valence-electron chi connectivity index (χ3n) is 4.79. The zero-order chi connectivity index (χ0) is 17.4. The maximum Gasteiger partial charge on any atom is 0.250 e. The zero-order valence-corrected chi connectivity index (χ0v) is 13.7. The Kier molecular flexibility index (Phi) is 3.97. The van der Waals surface area contributed by atoms with Crippen LogP contribution in [0.3, 0.4) is 0 Å². The van der Waals surface area contributed by atoms with Gasteiger partial charge in [0.25, 0.3) is 5.91 Å². The van der Waals surface area contributed by atoms with Crippen LogP contribution in [0.2, 0.25) is 0 Å². The molecule has 1 aromatic heterocycles. The Hall–Kier alpha value is -2.73. The number of primary amides is 1. The van der Waals surface area contributed by atoms with Crippen LogP contribution in [0.5, 0.6) is 0 Å². The monoisotopic (exact) mass is 338 g/mol. The summed E-state index contributed by atoms with van der Waals surface area (Å²) in [6.45, 7) is 1.39. The van der Waals surface area contributed by atoms with Gasteiger partial charge in [0.05, 0.1) is 11.3 Å². The highest BCUT2D eigenvalue weighted by Gasteiger charge is 2.25. The van der Waals surface area contributed by atoms with Crippen LogP contribution >= 0.6 is 0 Å². The second-order valence-electron chi connectivity index (χ2n) is 6.39. The number of hydrogen-bond acceptors (Lipinski definition) is 3. The van der Waals surface area contributed by atoms with Gasteiger partial charge in [-0.2, -0.15) is 5.10 Å². The molecule has 1 fully saturated rings. The van der Waals surface area contributed by atoms with Crippen LogP contribution in [-0.4, -0.2) is 34.9 Å². The number of nitrogens with one attached hydrogen (secondary N) is 1. The van der Waals surface area contributed by atoms with Gasteiger partial charge in [-0.15, -0.1) is 0 Å². The van der Waals surface area contributed by atoms with E-state index in [1.807, 2.05) is 36.5 Å². The minimum atomic E-state index is -0.808. The van der Waals surface area contributed by atoms with Gasteiger partial charge >= 0.3 is 0 Å². The molecular formula is C19H19FN4O. The van der Waals surface area contributed by atoms with Crippen LogP contribution in [0.25, 0.3) is 16.6 Å². The van der Waals surface area contributed by atoms with Crippen molar-refractivity contribution in [2.75, 3.05) is 13.1 Å². The van der Waals surface area contributed by atoms with E-state index in [0.29, 0.717) is 24.0 Å². The molecule has 3 aromatic rings. The summed E-state index contributed by atoms with van der Waals surface area (Å²) in [6, 6.07) is 13.1. The lowest BCUT2D eigenvalue weighted by Crippen LogP contribution is -2.36. The summed E-state index contributed by atoms with van der Waals surface area (Å²) in [4.78, 5) is 11.5. The molecule has 6 heteroatoms. The van der Waals surface area contributed by atoms with E-state index < -0.39 is 12.1 Å². The number of nitrogens with zero attached hydrogens (tertiary/aromatic N) is 2. The molecule has 0 saturated carbocycles. The average molecular weight is 338 g/mol. The topological polar surface area (TPSA) is 72.9 Å². The standard InChI is InChI=1S/C19H19FN4O/c20-17-8-9-22-10-16(17)12-4-6-14(7-5-12)24-11-13-2-1-3-15(19(21)25)18(13)23-24/h1-7,11,16-17,22H,8-10H2,(H2,21,25)/t16-,17+/m1/s1. The molecule has 1 aliphatic heterocycles. The largest absolute Gasteiger partial charge is 0.366 e. The summed E-state index contributed by atoms with van der Waals surface area (Å²) in [5.74, 6) is -0.606. The van der Waals surface area contributed by atoms with Gasteiger partial charge in [-0.1, -0.05) is 24.3 Å². The third-order valence-corrected chi connectivity index (χ3v) is 4.79. The van der Waals surface area contributed by atoms with E-state index in [0.717, 1.165) is 23.2 Å². The minimum absolute atomic E-state index is 0.110. The number of benzene rings is 2. The number of alkyl halides is 1. The van der Waals surface area contributed by atoms with Gasteiger partial charge in [0.2, 0.25) is 0 Å². The number of aromatic nitrogens is 2. The van der Waals surface area contributed by atoms with Crippen molar-refractivity contribution in [3.8, 4) is 5.69 Å². The van der Waals surface area contributed by atoms with Crippen molar-refractivity contribution in [3.63, 3.8) is 0 Å². The molecule has 0 radical (unpaired) electrons. The first kappa shape index (κ1) is 15.8. The molecule has 0 bridgehead atoms. The Morgan fingerprint density at radius 2 is 2.04 bits per heavy atom. The van der Waals surface area contributed by atoms with Gasteiger partial charge in [-0.3, -0.25) is 4.79 Å². The third kappa shape index (κ3) is 2.89. The lowest BCUT2D eigenvalue weighted by Gasteiger charge is -2.27. The molecular weight excluding hydrogens is 319 g/mol. The normalized spacial score (nSPS) is 20.7. The molecule has 0 spiro atoms. The summed E-state index contributed by atoms with van der Waals surface area (Å²) in [6.07, 6.45) is 1.60. The lowest BCUT2D eigenvalue weighted by molar-refractivity contribution is 0.100. The fraction of sp³-hybridized carbons (Fsp3) is 0.263. The van der Waals surface area contributed by atoms with E-state index in [9.17, 15) is 9.18 Å². The summed E-state index contributed by atoms with van der Waals surface area (Å²) in [5, 5.41) is 8.58. The van der Waals surface area contributed by atoms with E-state index in [4.69, 9.17) is 5.73 Å². The van der Waals surface area contributed by atoms with Crippen molar-refractivity contribution in [1.29, 1.82) is 0 Å². The highest BCUT2D eigenvalue weighted by atomic mass is 19.1. The van der Waals surface area contributed by atoms with Crippen LogP contribution in [0, 0.1) is 0 Å². The van der Waals surface area contributed by atoms with Crippen LogP contribution < -0.4 is 11.1 Å². The highest BCUT2D eigenvalue weighted by molar-refractivity contribution is 6.04. The van der Waals surface area contributed by atoms with Crippen LogP contribution in [-0.2, 0) is 0 Å². The first-order valence-corrected chi connectivity index (χ1v) is 8.37. The van der Waals surface area contributed by atoms with Crippen LogP contribution in [0.15, 0.2) is 48.7 Å². The minimum Gasteiger partial charge on any atom is -0.366 e. The Balaban J connectivity index is 1.67. The molecule has 1 amide bonds. The lowest BCUT2D eigenvalue weighted by atomic mass is 9.90. The Bertz CT molecular complexity index is 919. The highest BCUT2D eigenvalue weighted by Crippen LogP contribution is 2.27. The van der Waals surface area contributed by atoms with Gasteiger partial charge in [-0.25, -0.2) is 9.07 Å². The van der Waals surface area contributed by atoms with Crippen LogP contribution in [0.4, 0.5) is 4.39 Å². The maximum absolute atomic E-state index is 14.1. The molecule has 3 N–H and O–H groups in total. The van der Waals surface area contributed by atoms with E-state index in [1.54, 1.807) is 16.8 Å². The molecule has 0 unspecified atom stereocenters. The van der Waals surface area contributed by atoms with Gasteiger partial charge in [0.1, 0.15) is 11.7 Å². The van der Waals surface area contributed by atoms with Gasteiger partial charge < -0.3 is 11.1 Å². The smallest absolute Gasteiger partial charge is 0.250 e. The number of halogens is 1. The number of nitrogens with two attached hydrogens (primary N) is 1. The number of rotatable bonds is 3. The molecule has 2 heterocycles. The van der Waals surface area contributed by atoms with E-state index in [1.165, 1.54) is 0 Å². The predicted molar refractivity (Wildman–Crippen MR) is 94.7 cm³/mol. The number of carbonyl (C=O) groups is 1. The Morgan fingerprint density at radius 1 is 1.24 bits per heavy atom. The van der Waals surface area contributed by atoms with Gasteiger partial charge in [-0.05, 0) is 36.7 Å². The Labute approximate surface area is 144 Å². The van der Waals surface area contributed by atoms with Crippen molar-refractivity contribution in [1.82, 2.24) is 15.1 Å². The fourth-order valence-corrected chi connectivity index (χ4v) is 3.40. The van der Waals surface area contributed by atoms with Crippen molar-refractivity contribution in [2.24, 2.45) is 5.73 Å². The zero-order valence-electron chi connectivity index (χ0n) is 13.7. The number of carbonyl (C=O) groups excluding carboxylic acids is 1. The van der Waals surface area contributed by atoms with E-state index in [2.05, 4.69) is 10.4 Å². The Morgan fingerprint density at radius 3 is 2.76 bits per heavy atom. The molecule has 2 aromatic carbocycles. The van der Waals surface area contributed by atoms with Crippen LogP contribution in [0.1, 0.15) is 28.3 Å². The van der Waals surface area contributed by atoms with Crippen molar-refractivity contribution in [3.05, 3.63) is 59.8 Å². The van der Waals surface area contributed by atoms with Crippen molar-refractivity contribution >= 4 is 16.8 Å². The van der Waals surface area contributed by atoms with E-state index >= 15 is 0 Å². The van der Waals surface area contributed by atoms with Gasteiger partial charge in [0, 0.05) is 24.0 Å². The summed E-state index contributed by atoms with van der Waals surface area (Å²) in [7, 11) is 0. The SMILES string of the molecule is NC(=O)c1cccc2cn(-c3ccc([C@H]4CNCC[C@@H]4F)cc3)nc12. The average Bonchev–Trinajstić information content (AvgIpc) is 3.06. The van der Waals surface area contributed by atoms with Crippen molar-refractivity contribution < 1.29 is 9.18 Å². The molecule has 128 valence electrons. The summed E-state index contributed by atoms with van der Waals surface area (Å²) >= 11 is 0. The number of piperidine rings is 1. The van der Waals surface area contributed by atoms with Gasteiger partial charge in [0.15, 0.2) is 0 Å². The molecule has 0 aliphatic carbocycles. The molecule has 5 nitrogen and oxygen atoms in total. The maximum atomic E-state index is 14.1. The molecule has 1 saturated heterocycles. The number of fused-ring (bicyclic) bond motifs is 1. The first-order valence-electron chi connectivity index (χ1n) is 8.37. The second kappa shape index (κ2) is 6.29. The molecule has 4 rings (SSSR count). The first-order chi connectivity index (χ1) is 12.1. The summed E-state index contributed by atoms with van der Waals surface area (Å²) in [5.41, 5.74) is 8.24. The fourth-order valence-electron chi connectivity index (χ4n) is 3.40. The molecule has 2 atom stereocenters. The molecule has 1 aliphatic rings. The van der Waals surface area contributed by atoms with Crippen molar-refractivity contribution in [2.45, 2.75) is 18.5 Å². The predicted octanol–water partition coefficient (Wildman–Crippen LogP) is 2.54. The number of amides is 1. The number of hydrogen-bond donors (Lipinski definition) is 2. The summed E-state index contributed by atoms with van der Waals surface area (Å²) < 4.78 is 15.8.